The lowest BCUT2D eigenvalue weighted by Gasteiger charge is -2.25. The van der Waals surface area contributed by atoms with Gasteiger partial charge in [-0.25, -0.2) is 4.79 Å². The van der Waals surface area contributed by atoms with Crippen molar-refractivity contribution < 1.29 is 19.1 Å². The summed E-state index contributed by atoms with van der Waals surface area (Å²) in [6, 6.07) is 14.4. The maximum Gasteiger partial charge on any atom is 0.314 e. The van der Waals surface area contributed by atoms with E-state index >= 15 is 0 Å². The van der Waals surface area contributed by atoms with Crippen LogP contribution in [0.5, 0.6) is 5.75 Å². The fourth-order valence-corrected chi connectivity index (χ4v) is 3.54. The number of amides is 2. The fraction of sp³-hybridized carbons (Fsp3) is 0.250. The molecule has 1 aromatic carbocycles. The van der Waals surface area contributed by atoms with Crippen LogP contribution in [0.25, 0.3) is 0 Å². The molecule has 0 spiro atoms. The van der Waals surface area contributed by atoms with Crippen molar-refractivity contribution in [2.45, 2.75) is 12.0 Å². The second-order valence-electron chi connectivity index (χ2n) is 6.02. The van der Waals surface area contributed by atoms with E-state index in [-0.39, 0.29) is 12.6 Å². The van der Waals surface area contributed by atoms with Gasteiger partial charge in [0.2, 0.25) is 0 Å². The Morgan fingerprint density at radius 3 is 2.63 bits per heavy atom. The third kappa shape index (κ3) is 4.69. The first-order chi connectivity index (χ1) is 13.1. The highest BCUT2D eigenvalue weighted by atomic mass is 32.1. The number of methoxy groups -OCH3 is 1. The number of ether oxygens (including phenoxy) is 1. The van der Waals surface area contributed by atoms with Gasteiger partial charge in [0.15, 0.2) is 5.60 Å². The summed E-state index contributed by atoms with van der Waals surface area (Å²) in [7, 11) is 1.63. The predicted molar refractivity (Wildman–Crippen MR) is 104 cm³/mol. The van der Waals surface area contributed by atoms with Crippen LogP contribution in [-0.4, -0.2) is 31.3 Å². The Bertz CT molecular complexity index is 795. The van der Waals surface area contributed by atoms with E-state index < -0.39 is 5.60 Å². The molecular formula is C20H22N2O4S. The Morgan fingerprint density at radius 2 is 2.00 bits per heavy atom. The monoisotopic (exact) mass is 386 g/mol. The molecule has 2 amide bonds. The summed E-state index contributed by atoms with van der Waals surface area (Å²) >= 11 is 1.41. The topological polar surface area (TPSA) is 83.7 Å². The van der Waals surface area contributed by atoms with E-state index in [4.69, 9.17) is 9.15 Å². The maximum atomic E-state index is 12.1. The zero-order chi connectivity index (χ0) is 19.1. The highest BCUT2D eigenvalue weighted by Crippen LogP contribution is 2.32. The Morgan fingerprint density at radius 1 is 1.19 bits per heavy atom. The molecule has 0 aliphatic rings. The van der Waals surface area contributed by atoms with Crippen LogP contribution in [0.3, 0.4) is 0 Å². The van der Waals surface area contributed by atoms with E-state index in [0.717, 1.165) is 11.3 Å². The molecule has 3 N–H and O–H groups in total. The molecule has 0 fully saturated rings. The SMILES string of the molecule is COc1ccc(CCNC(=O)NCC(O)(c2ccco2)c2cccs2)cc1. The summed E-state index contributed by atoms with van der Waals surface area (Å²) in [4.78, 5) is 12.8. The number of carbonyl (C=O) groups is 1. The van der Waals surface area contributed by atoms with Crippen molar-refractivity contribution in [2.75, 3.05) is 20.2 Å². The summed E-state index contributed by atoms with van der Waals surface area (Å²) in [5.74, 6) is 1.19. The first-order valence-corrected chi connectivity index (χ1v) is 9.45. The minimum atomic E-state index is -1.40. The van der Waals surface area contributed by atoms with E-state index in [1.807, 2.05) is 41.8 Å². The molecule has 2 aromatic heterocycles. The van der Waals surface area contributed by atoms with Crippen LogP contribution in [0.15, 0.2) is 64.6 Å². The van der Waals surface area contributed by atoms with E-state index in [1.165, 1.54) is 17.6 Å². The van der Waals surface area contributed by atoms with Crippen molar-refractivity contribution in [1.29, 1.82) is 0 Å². The van der Waals surface area contributed by atoms with Gasteiger partial charge in [0.1, 0.15) is 11.5 Å². The van der Waals surface area contributed by atoms with Crippen molar-refractivity contribution >= 4 is 17.4 Å². The van der Waals surface area contributed by atoms with Crippen LogP contribution in [-0.2, 0) is 12.0 Å². The first-order valence-electron chi connectivity index (χ1n) is 8.57. The van der Waals surface area contributed by atoms with Crippen molar-refractivity contribution in [3.63, 3.8) is 0 Å². The van der Waals surface area contributed by atoms with Crippen LogP contribution < -0.4 is 15.4 Å². The average molecular weight is 386 g/mol. The lowest BCUT2D eigenvalue weighted by molar-refractivity contribution is 0.0623. The van der Waals surface area contributed by atoms with Gasteiger partial charge < -0.3 is 24.9 Å². The van der Waals surface area contributed by atoms with Crippen LogP contribution in [0.4, 0.5) is 4.79 Å². The van der Waals surface area contributed by atoms with Crippen LogP contribution in [0.1, 0.15) is 16.2 Å². The molecule has 142 valence electrons. The number of thiophene rings is 1. The zero-order valence-electron chi connectivity index (χ0n) is 15.0. The molecule has 7 heteroatoms. The molecule has 2 heterocycles. The summed E-state index contributed by atoms with van der Waals surface area (Å²) in [5.41, 5.74) is -0.299. The van der Waals surface area contributed by atoms with Gasteiger partial charge in [-0.05, 0) is 47.7 Å². The van der Waals surface area contributed by atoms with E-state index in [0.29, 0.717) is 23.6 Å². The number of urea groups is 1. The van der Waals surface area contributed by atoms with Crippen LogP contribution >= 0.6 is 11.3 Å². The first kappa shape index (κ1) is 19.0. The molecule has 0 aliphatic carbocycles. The largest absolute Gasteiger partial charge is 0.497 e. The summed E-state index contributed by atoms with van der Waals surface area (Å²) in [6.07, 6.45) is 2.20. The van der Waals surface area contributed by atoms with Gasteiger partial charge in [0.25, 0.3) is 0 Å². The average Bonchev–Trinajstić information content (AvgIpc) is 3.41. The van der Waals surface area contributed by atoms with Gasteiger partial charge in [0, 0.05) is 11.4 Å². The van der Waals surface area contributed by atoms with Gasteiger partial charge in [0.05, 0.1) is 19.9 Å². The second-order valence-corrected chi connectivity index (χ2v) is 6.97. The Kier molecular flexibility index (Phi) is 6.16. The number of carbonyl (C=O) groups excluding carboxylic acids is 1. The van der Waals surface area contributed by atoms with Gasteiger partial charge in [-0.1, -0.05) is 18.2 Å². The van der Waals surface area contributed by atoms with Gasteiger partial charge in [-0.15, -0.1) is 11.3 Å². The molecule has 0 saturated carbocycles. The Hall–Kier alpha value is -2.77. The third-order valence-electron chi connectivity index (χ3n) is 4.22. The van der Waals surface area contributed by atoms with E-state index in [9.17, 15) is 9.90 Å². The number of hydrogen-bond donors (Lipinski definition) is 3. The lowest BCUT2D eigenvalue weighted by Crippen LogP contribution is -2.45. The molecule has 0 bridgehead atoms. The normalized spacial score (nSPS) is 13.0. The number of hydrogen-bond acceptors (Lipinski definition) is 5. The van der Waals surface area contributed by atoms with Crippen molar-refractivity contribution in [2.24, 2.45) is 0 Å². The minimum Gasteiger partial charge on any atom is -0.497 e. The van der Waals surface area contributed by atoms with Crippen molar-refractivity contribution in [3.8, 4) is 5.75 Å². The van der Waals surface area contributed by atoms with Gasteiger partial charge >= 0.3 is 6.03 Å². The van der Waals surface area contributed by atoms with E-state index in [1.54, 1.807) is 19.2 Å². The van der Waals surface area contributed by atoms with Gasteiger partial charge in [-0.2, -0.15) is 0 Å². The molecule has 3 rings (SSSR count). The van der Waals surface area contributed by atoms with Crippen LogP contribution in [0.2, 0.25) is 0 Å². The predicted octanol–water partition coefficient (Wildman–Crippen LogP) is 3.13. The van der Waals surface area contributed by atoms with Crippen LogP contribution in [0, 0.1) is 0 Å². The quantitative estimate of drug-likeness (QED) is 0.555. The summed E-state index contributed by atoms with van der Waals surface area (Å²) in [6.45, 7) is 0.492. The zero-order valence-corrected chi connectivity index (χ0v) is 15.8. The van der Waals surface area contributed by atoms with Crippen molar-refractivity contribution in [1.82, 2.24) is 10.6 Å². The molecular weight excluding hydrogens is 364 g/mol. The molecule has 0 saturated heterocycles. The summed E-state index contributed by atoms with van der Waals surface area (Å²) < 4.78 is 10.5. The number of nitrogens with one attached hydrogen (secondary N) is 2. The minimum absolute atomic E-state index is 0.00932. The molecule has 3 aromatic rings. The Balaban J connectivity index is 1.52. The molecule has 1 atom stereocenters. The molecule has 27 heavy (non-hydrogen) atoms. The number of benzene rings is 1. The maximum absolute atomic E-state index is 12.1. The molecule has 0 aliphatic heterocycles. The number of aliphatic hydroxyl groups is 1. The highest BCUT2D eigenvalue weighted by Gasteiger charge is 2.36. The fourth-order valence-electron chi connectivity index (χ4n) is 2.71. The standard InChI is InChI=1S/C20H22N2O4S/c1-25-16-8-6-15(7-9-16)10-11-21-19(23)22-14-20(24,17-4-2-12-26-17)18-5-3-13-27-18/h2-9,12-13,24H,10-11,14H2,1H3,(H2,21,22,23). The van der Waals surface area contributed by atoms with Gasteiger partial charge in [-0.3, -0.25) is 0 Å². The molecule has 0 radical (unpaired) electrons. The summed E-state index contributed by atoms with van der Waals surface area (Å²) in [5, 5.41) is 18.5. The second kappa shape index (κ2) is 8.75. The number of rotatable bonds is 8. The highest BCUT2D eigenvalue weighted by molar-refractivity contribution is 7.10. The van der Waals surface area contributed by atoms with Crippen molar-refractivity contribution in [3.05, 3.63) is 76.4 Å². The lowest BCUT2D eigenvalue weighted by atomic mass is 9.99. The molecule has 6 nitrogen and oxygen atoms in total. The Labute approximate surface area is 161 Å². The smallest absolute Gasteiger partial charge is 0.314 e. The molecule has 1 unspecified atom stereocenters. The van der Waals surface area contributed by atoms with E-state index in [2.05, 4.69) is 10.6 Å². The third-order valence-corrected chi connectivity index (χ3v) is 5.24. The number of furan rings is 1.